The summed E-state index contributed by atoms with van der Waals surface area (Å²) in [6.45, 7) is 2.03. The number of pyridine rings is 1. The van der Waals surface area contributed by atoms with Crippen molar-refractivity contribution in [2.24, 2.45) is 12.8 Å². The number of ether oxygens (including phenoxy) is 2. The molecule has 7 heteroatoms. The number of halogens is 1. The van der Waals surface area contributed by atoms with E-state index in [0.717, 1.165) is 12.1 Å². The monoisotopic (exact) mass is 388 g/mol. The van der Waals surface area contributed by atoms with Crippen LogP contribution < -0.4 is 16.0 Å². The first-order valence-electron chi connectivity index (χ1n) is 8.63. The summed E-state index contributed by atoms with van der Waals surface area (Å²) in [5.74, 6) is -1.18. The standard InChI is InChI=1S/C20H21ClN2O4/c1-4-7-11-10-14-16(19(24)23(11)2)15(12-8-5-6-9-13(12)21)17(18(22)27-14)20(25)26-3/h5-6,8-10,15H,4,7,22H2,1-3H3. The lowest BCUT2D eigenvalue weighted by Gasteiger charge is -2.29. The molecule has 142 valence electrons. The van der Waals surface area contributed by atoms with Gasteiger partial charge in [-0.2, -0.15) is 0 Å². The quantitative estimate of drug-likeness (QED) is 0.814. The number of fused-ring (bicyclic) bond motifs is 1. The molecule has 2 N–H and O–H groups in total. The van der Waals surface area contributed by atoms with E-state index in [-0.39, 0.29) is 17.0 Å². The molecule has 0 spiro atoms. The summed E-state index contributed by atoms with van der Waals surface area (Å²) >= 11 is 6.39. The number of methoxy groups -OCH3 is 1. The van der Waals surface area contributed by atoms with Crippen LogP contribution in [0.4, 0.5) is 0 Å². The van der Waals surface area contributed by atoms with Crippen molar-refractivity contribution in [3.05, 3.63) is 74.0 Å². The molecule has 1 aliphatic rings. The van der Waals surface area contributed by atoms with E-state index >= 15 is 0 Å². The summed E-state index contributed by atoms with van der Waals surface area (Å²) in [6, 6.07) is 8.83. The zero-order valence-electron chi connectivity index (χ0n) is 15.4. The number of hydrogen-bond acceptors (Lipinski definition) is 5. The Hall–Kier alpha value is -2.73. The zero-order chi connectivity index (χ0) is 19.7. The minimum Gasteiger partial charge on any atom is -0.465 e. The van der Waals surface area contributed by atoms with Gasteiger partial charge >= 0.3 is 5.97 Å². The van der Waals surface area contributed by atoms with Gasteiger partial charge in [0.2, 0.25) is 5.88 Å². The first-order valence-corrected chi connectivity index (χ1v) is 9.01. The third-order valence-corrected chi connectivity index (χ3v) is 5.06. The van der Waals surface area contributed by atoms with Crippen molar-refractivity contribution >= 4 is 17.6 Å². The maximum absolute atomic E-state index is 13.2. The van der Waals surface area contributed by atoms with Gasteiger partial charge in [-0.25, -0.2) is 4.79 Å². The van der Waals surface area contributed by atoms with Crippen LogP contribution in [-0.4, -0.2) is 17.6 Å². The molecule has 1 aliphatic heterocycles. The lowest BCUT2D eigenvalue weighted by Crippen LogP contribution is -2.34. The Bertz CT molecular complexity index is 994. The molecular weight excluding hydrogens is 368 g/mol. The molecule has 0 saturated carbocycles. The molecule has 0 radical (unpaired) electrons. The van der Waals surface area contributed by atoms with Crippen LogP contribution in [0.2, 0.25) is 5.02 Å². The van der Waals surface area contributed by atoms with E-state index in [1.165, 1.54) is 7.11 Å². The van der Waals surface area contributed by atoms with Crippen molar-refractivity contribution in [2.75, 3.05) is 7.11 Å². The van der Waals surface area contributed by atoms with Crippen molar-refractivity contribution in [3.8, 4) is 5.75 Å². The van der Waals surface area contributed by atoms with E-state index in [1.807, 2.05) is 6.92 Å². The highest BCUT2D eigenvalue weighted by Crippen LogP contribution is 2.43. The third kappa shape index (κ3) is 3.21. The fraction of sp³-hybridized carbons (Fsp3) is 0.300. The SMILES string of the molecule is CCCc1cc2c(c(=O)n1C)C(c1ccccc1Cl)C(C(=O)OC)=C(N)O2. The van der Waals surface area contributed by atoms with Gasteiger partial charge in [0.15, 0.2) is 0 Å². The molecule has 0 bridgehead atoms. The molecule has 2 heterocycles. The first-order chi connectivity index (χ1) is 12.9. The second-order valence-electron chi connectivity index (χ2n) is 6.35. The van der Waals surface area contributed by atoms with Gasteiger partial charge in [0, 0.05) is 23.8 Å². The number of nitrogens with two attached hydrogens (primary N) is 1. The number of carbonyl (C=O) groups excluding carboxylic acids is 1. The van der Waals surface area contributed by atoms with Crippen LogP contribution in [0.1, 0.15) is 36.1 Å². The average molecular weight is 389 g/mol. The Labute approximate surface area is 162 Å². The minimum atomic E-state index is -0.774. The number of carbonyl (C=O) groups is 1. The van der Waals surface area contributed by atoms with Crippen LogP contribution in [0.25, 0.3) is 0 Å². The van der Waals surface area contributed by atoms with Gasteiger partial charge in [-0.05, 0) is 18.1 Å². The lowest BCUT2D eigenvalue weighted by atomic mass is 9.83. The van der Waals surface area contributed by atoms with Crippen LogP contribution in [0.15, 0.2) is 46.6 Å². The second-order valence-corrected chi connectivity index (χ2v) is 6.76. The van der Waals surface area contributed by atoms with Crippen molar-refractivity contribution < 1.29 is 14.3 Å². The van der Waals surface area contributed by atoms with E-state index in [0.29, 0.717) is 28.3 Å². The summed E-state index contributed by atoms with van der Waals surface area (Å²) < 4.78 is 12.1. The Morgan fingerprint density at radius 1 is 1.37 bits per heavy atom. The summed E-state index contributed by atoms with van der Waals surface area (Å²) in [5, 5.41) is 0.421. The Morgan fingerprint density at radius 3 is 2.70 bits per heavy atom. The normalized spacial score (nSPS) is 15.9. The van der Waals surface area contributed by atoms with Gasteiger partial charge in [0.25, 0.3) is 5.56 Å². The molecule has 1 aromatic carbocycles. The highest BCUT2D eigenvalue weighted by Gasteiger charge is 2.38. The summed E-state index contributed by atoms with van der Waals surface area (Å²) in [6.07, 6.45) is 1.59. The maximum atomic E-state index is 13.2. The van der Waals surface area contributed by atoms with Gasteiger partial charge in [-0.1, -0.05) is 43.1 Å². The Kier molecular flexibility index (Phi) is 5.28. The van der Waals surface area contributed by atoms with E-state index in [4.69, 9.17) is 26.8 Å². The molecule has 0 aliphatic carbocycles. The van der Waals surface area contributed by atoms with E-state index < -0.39 is 11.9 Å². The minimum absolute atomic E-state index is 0.0680. The zero-order valence-corrected chi connectivity index (χ0v) is 16.2. The van der Waals surface area contributed by atoms with Gasteiger partial charge < -0.3 is 19.8 Å². The average Bonchev–Trinajstić information content (AvgIpc) is 2.65. The fourth-order valence-electron chi connectivity index (χ4n) is 3.40. The van der Waals surface area contributed by atoms with Gasteiger partial charge in [0.1, 0.15) is 11.3 Å². The number of aromatic nitrogens is 1. The Balaban J connectivity index is 2.34. The highest BCUT2D eigenvalue weighted by molar-refractivity contribution is 6.31. The second kappa shape index (κ2) is 7.48. The van der Waals surface area contributed by atoms with Crippen LogP contribution in [0, 0.1) is 0 Å². The number of hydrogen-bond donors (Lipinski definition) is 1. The predicted octanol–water partition coefficient (Wildman–Crippen LogP) is 2.86. The van der Waals surface area contributed by atoms with E-state index in [9.17, 15) is 9.59 Å². The van der Waals surface area contributed by atoms with Crippen LogP contribution in [-0.2, 0) is 23.0 Å². The van der Waals surface area contributed by atoms with Gasteiger partial charge in [-0.15, -0.1) is 0 Å². The van der Waals surface area contributed by atoms with Crippen molar-refractivity contribution in [1.82, 2.24) is 4.57 Å². The summed E-state index contributed by atoms with van der Waals surface area (Å²) in [7, 11) is 2.96. The first kappa shape index (κ1) is 19.0. The number of rotatable bonds is 4. The number of benzene rings is 1. The molecule has 27 heavy (non-hydrogen) atoms. The molecule has 0 fully saturated rings. The summed E-state index contributed by atoms with van der Waals surface area (Å²) in [5.41, 5.74) is 7.62. The molecule has 1 unspecified atom stereocenters. The van der Waals surface area contributed by atoms with Crippen LogP contribution in [0.3, 0.4) is 0 Å². The molecule has 0 saturated heterocycles. The summed E-state index contributed by atoms with van der Waals surface area (Å²) in [4.78, 5) is 25.6. The smallest absolute Gasteiger partial charge is 0.340 e. The predicted molar refractivity (Wildman–Crippen MR) is 103 cm³/mol. The van der Waals surface area contributed by atoms with Crippen LogP contribution >= 0.6 is 11.6 Å². The molecule has 0 amide bonds. The van der Waals surface area contributed by atoms with Crippen molar-refractivity contribution in [3.63, 3.8) is 0 Å². The van der Waals surface area contributed by atoms with Gasteiger partial charge in [-0.3, -0.25) is 4.79 Å². The molecule has 1 atom stereocenters. The molecule has 6 nitrogen and oxygen atoms in total. The molecule has 1 aromatic heterocycles. The number of aryl methyl sites for hydroxylation is 1. The lowest BCUT2D eigenvalue weighted by molar-refractivity contribution is -0.136. The van der Waals surface area contributed by atoms with E-state index in [2.05, 4.69) is 0 Å². The Morgan fingerprint density at radius 2 is 2.07 bits per heavy atom. The topological polar surface area (TPSA) is 83.5 Å². The van der Waals surface area contributed by atoms with Crippen molar-refractivity contribution in [2.45, 2.75) is 25.7 Å². The number of esters is 1. The fourth-order valence-corrected chi connectivity index (χ4v) is 3.64. The maximum Gasteiger partial charge on any atom is 0.340 e. The highest BCUT2D eigenvalue weighted by atomic mass is 35.5. The largest absolute Gasteiger partial charge is 0.465 e. The molecule has 2 aromatic rings. The van der Waals surface area contributed by atoms with Crippen molar-refractivity contribution in [1.29, 1.82) is 0 Å². The molecular formula is C20H21ClN2O4. The van der Waals surface area contributed by atoms with Gasteiger partial charge in [0.05, 0.1) is 18.6 Å². The van der Waals surface area contributed by atoms with Crippen LogP contribution in [0.5, 0.6) is 5.75 Å². The third-order valence-electron chi connectivity index (χ3n) is 4.72. The van der Waals surface area contributed by atoms with E-state index in [1.54, 1.807) is 41.9 Å². The molecule has 3 rings (SSSR count). The number of nitrogens with zero attached hydrogens (tertiary/aromatic N) is 1.